The number of amides is 3. The number of rotatable bonds is 8. The normalized spacial score (nSPS) is 21.2. The highest BCUT2D eigenvalue weighted by Gasteiger charge is 2.50. The highest BCUT2D eigenvalue weighted by Crippen LogP contribution is 2.46. The average Bonchev–Trinajstić information content (AvgIpc) is 2.71. The van der Waals surface area contributed by atoms with Crippen LogP contribution in [-0.4, -0.2) is 58.7 Å². The standard InChI is InChI=1S/C23H34ClN3O5/c1-15(2)19(26-21(31)25-12-5-6-18(28)29)20(30)27-13-11-23(32,22(3,4)14-27)16-7-9-17(24)10-8-16/h7-10,15,19,32H,5-6,11-14H2,1-4H3,(H,28,29)(H2,25,26,31)/t19-,23+/m1/s1. The third-order valence-electron chi connectivity index (χ3n) is 6.16. The molecule has 32 heavy (non-hydrogen) atoms. The first kappa shape index (κ1) is 25.9. The van der Waals surface area contributed by atoms with Crippen LogP contribution in [0.2, 0.25) is 5.02 Å². The lowest BCUT2D eigenvalue weighted by molar-refractivity contribution is -0.155. The molecular weight excluding hydrogens is 434 g/mol. The molecule has 0 unspecified atom stereocenters. The van der Waals surface area contributed by atoms with Gasteiger partial charge in [0.2, 0.25) is 5.91 Å². The molecule has 1 aliphatic rings. The van der Waals surface area contributed by atoms with Crippen molar-refractivity contribution in [1.29, 1.82) is 0 Å². The summed E-state index contributed by atoms with van der Waals surface area (Å²) < 4.78 is 0. The molecule has 3 amide bonds. The third kappa shape index (κ3) is 6.13. The number of likely N-dealkylation sites (tertiary alicyclic amines) is 1. The van der Waals surface area contributed by atoms with E-state index in [1.165, 1.54) is 0 Å². The Morgan fingerprint density at radius 2 is 1.81 bits per heavy atom. The monoisotopic (exact) mass is 467 g/mol. The first-order valence-electron chi connectivity index (χ1n) is 10.9. The van der Waals surface area contributed by atoms with Gasteiger partial charge in [0.15, 0.2) is 0 Å². The molecule has 8 nitrogen and oxygen atoms in total. The topological polar surface area (TPSA) is 119 Å². The molecule has 1 heterocycles. The van der Waals surface area contributed by atoms with E-state index in [4.69, 9.17) is 16.7 Å². The summed E-state index contributed by atoms with van der Waals surface area (Å²) in [4.78, 5) is 37.8. The van der Waals surface area contributed by atoms with Crippen LogP contribution in [0, 0.1) is 11.3 Å². The summed E-state index contributed by atoms with van der Waals surface area (Å²) >= 11 is 5.99. The second kappa shape index (κ2) is 10.5. The number of piperidine rings is 1. The van der Waals surface area contributed by atoms with Crippen LogP contribution in [0.3, 0.4) is 0 Å². The van der Waals surface area contributed by atoms with E-state index in [2.05, 4.69) is 10.6 Å². The highest BCUT2D eigenvalue weighted by molar-refractivity contribution is 6.30. The van der Waals surface area contributed by atoms with Crippen molar-refractivity contribution in [2.45, 2.75) is 58.6 Å². The van der Waals surface area contributed by atoms with Crippen molar-refractivity contribution in [1.82, 2.24) is 15.5 Å². The molecule has 0 bridgehead atoms. The Labute approximate surface area is 194 Å². The van der Waals surface area contributed by atoms with Gasteiger partial charge in [-0.3, -0.25) is 9.59 Å². The minimum absolute atomic E-state index is 0.0355. The number of hydrogen-bond donors (Lipinski definition) is 4. The molecule has 0 aromatic heterocycles. The van der Waals surface area contributed by atoms with Crippen molar-refractivity contribution in [3.63, 3.8) is 0 Å². The molecular formula is C23H34ClN3O5. The number of benzene rings is 1. The second-order valence-corrected chi connectivity index (χ2v) is 9.82. The summed E-state index contributed by atoms with van der Waals surface area (Å²) in [6.07, 6.45) is 0.637. The number of aliphatic carboxylic acids is 1. The maximum atomic E-state index is 13.3. The fourth-order valence-corrected chi connectivity index (χ4v) is 4.24. The highest BCUT2D eigenvalue weighted by atomic mass is 35.5. The van der Waals surface area contributed by atoms with Crippen LogP contribution in [-0.2, 0) is 15.2 Å². The molecule has 0 aliphatic carbocycles. The molecule has 0 spiro atoms. The van der Waals surface area contributed by atoms with Gasteiger partial charge in [-0.25, -0.2) is 4.79 Å². The molecule has 1 fully saturated rings. The molecule has 1 aliphatic heterocycles. The van der Waals surface area contributed by atoms with Crippen molar-refractivity contribution in [3.05, 3.63) is 34.9 Å². The summed E-state index contributed by atoms with van der Waals surface area (Å²) in [7, 11) is 0. The predicted molar refractivity (Wildman–Crippen MR) is 122 cm³/mol. The Hall–Kier alpha value is -2.32. The molecule has 1 aromatic rings. The number of carbonyl (C=O) groups excluding carboxylic acids is 2. The van der Waals surface area contributed by atoms with Crippen LogP contribution < -0.4 is 10.6 Å². The molecule has 2 atom stereocenters. The largest absolute Gasteiger partial charge is 0.481 e. The number of urea groups is 1. The van der Waals surface area contributed by atoms with Crippen LogP contribution >= 0.6 is 11.6 Å². The van der Waals surface area contributed by atoms with E-state index in [0.717, 1.165) is 5.56 Å². The summed E-state index contributed by atoms with van der Waals surface area (Å²) in [5, 5.41) is 26.1. The number of hydrogen-bond acceptors (Lipinski definition) is 4. The summed E-state index contributed by atoms with van der Waals surface area (Å²) in [5.74, 6) is -1.27. The van der Waals surface area contributed by atoms with Crippen LogP contribution in [0.25, 0.3) is 0 Å². The maximum Gasteiger partial charge on any atom is 0.315 e. The van der Waals surface area contributed by atoms with E-state index in [9.17, 15) is 19.5 Å². The number of aliphatic hydroxyl groups is 1. The van der Waals surface area contributed by atoms with Crippen molar-refractivity contribution in [3.8, 4) is 0 Å². The van der Waals surface area contributed by atoms with Gasteiger partial charge >= 0.3 is 12.0 Å². The maximum absolute atomic E-state index is 13.3. The van der Waals surface area contributed by atoms with E-state index in [1.54, 1.807) is 17.0 Å². The smallest absolute Gasteiger partial charge is 0.315 e. The Morgan fingerprint density at radius 3 is 2.34 bits per heavy atom. The van der Waals surface area contributed by atoms with Crippen molar-refractivity contribution in [2.75, 3.05) is 19.6 Å². The Balaban J connectivity index is 2.05. The SMILES string of the molecule is CC(C)[C@@H](NC(=O)NCCCC(=O)O)C(=O)N1CC[C@](O)(c2ccc(Cl)cc2)C(C)(C)C1. The van der Waals surface area contributed by atoms with Gasteiger partial charge < -0.3 is 25.7 Å². The number of halogens is 1. The number of nitrogens with zero attached hydrogens (tertiary/aromatic N) is 1. The van der Waals surface area contributed by atoms with E-state index in [-0.39, 0.29) is 24.8 Å². The number of carbonyl (C=O) groups is 3. The van der Waals surface area contributed by atoms with Crippen LogP contribution in [0.15, 0.2) is 24.3 Å². The average molecular weight is 468 g/mol. The number of carboxylic acid groups (broad SMARTS) is 1. The van der Waals surface area contributed by atoms with Gasteiger partial charge in [-0.2, -0.15) is 0 Å². The van der Waals surface area contributed by atoms with Crippen LogP contribution in [0.5, 0.6) is 0 Å². The Kier molecular flexibility index (Phi) is 8.54. The van der Waals surface area contributed by atoms with E-state index in [0.29, 0.717) is 31.0 Å². The predicted octanol–water partition coefficient (Wildman–Crippen LogP) is 2.97. The zero-order chi connectivity index (χ0) is 24.1. The van der Waals surface area contributed by atoms with Crippen molar-refractivity contribution < 1.29 is 24.6 Å². The lowest BCUT2D eigenvalue weighted by atomic mass is 9.66. The summed E-state index contributed by atoms with van der Waals surface area (Å²) in [5.41, 5.74) is -0.982. The first-order chi connectivity index (χ1) is 14.9. The Bertz CT molecular complexity index is 827. The molecule has 178 valence electrons. The lowest BCUT2D eigenvalue weighted by Gasteiger charge is -2.51. The minimum Gasteiger partial charge on any atom is -0.481 e. The van der Waals surface area contributed by atoms with Crippen LogP contribution in [0.4, 0.5) is 4.79 Å². The molecule has 9 heteroatoms. The van der Waals surface area contributed by atoms with Crippen molar-refractivity contribution in [2.24, 2.45) is 11.3 Å². The molecule has 0 radical (unpaired) electrons. The molecule has 2 rings (SSSR count). The molecule has 4 N–H and O–H groups in total. The summed E-state index contributed by atoms with van der Waals surface area (Å²) in [6, 6.07) is 5.89. The van der Waals surface area contributed by atoms with Crippen molar-refractivity contribution >= 4 is 29.5 Å². The molecule has 1 saturated heterocycles. The van der Waals surface area contributed by atoms with E-state index in [1.807, 2.05) is 39.8 Å². The van der Waals surface area contributed by atoms with Gasteiger partial charge in [-0.05, 0) is 36.5 Å². The van der Waals surface area contributed by atoms with Gasteiger partial charge in [0.1, 0.15) is 6.04 Å². The molecule has 1 aromatic carbocycles. The van der Waals surface area contributed by atoms with Gasteiger partial charge in [-0.1, -0.05) is 51.4 Å². The van der Waals surface area contributed by atoms with Gasteiger partial charge in [-0.15, -0.1) is 0 Å². The zero-order valence-corrected chi connectivity index (χ0v) is 19.9. The lowest BCUT2D eigenvalue weighted by Crippen LogP contribution is -2.61. The fraction of sp³-hybridized carbons (Fsp3) is 0.609. The van der Waals surface area contributed by atoms with E-state index < -0.39 is 29.1 Å². The quantitative estimate of drug-likeness (QED) is 0.438. The van der Waals surface area contributed by atoms with Crippen LogP contribution in [0.1, 0.15) is 52.5 Å². The fourth-order valence-electron chi connectivity index (χ4n) is 4.11. The third-order valence-corrected chi connectivity index (χ3v) is 6.41. The first-order valence-corrected chi connectivity index (χ1v) is 11.3. The second-order valence-electron chi connectivity index (χ2n) is 9.38. The molecule has 0 saturated carbocycles. The number of nitrogens with one attached hydrogen (secondary N) is 2. The number of carboxylic acids is 1. The van der Waals surface area contributed by atoms with Gasteiger partial charge in [0.25, 0.3) is 0 Å². The zero-order valence-electron chi connectivity index (χ0n) is 19.2. The van der Waals surface area contributed by atoms with Gasteiger partial charge in [0, 0.05) is 36.5 Å². The van der Waals surface area contributed by atoms with E-state index >= 15 is 0 Å². The summed E-state index contributed by atoms with van der Waals surface area (Å²) in [6.45, 7) is 8.45. The van der Waals surface area contributed by atoms with Gasteiger partial charge in [0.05, 0.1) is 5.60 Å². The minimum atomic E-state index is -1.11. The Morgan fingerprint density at radius 1 is 1.19 bits per heavy atom.